The number of carbonyl (C=O) groups is 3. The van der Waals surface area contributed by atoms with Crippen LogP contribution < -0.4 is 10.6 Å². The minimum atomic E-state index is -3.94. The predicted octanol–water partition coefficient (Wildman–Crippen LogP) is 0.0362. The molecular formula is C17H23N3O6S. The molecule has 0 aromatic heterocycles. The Labute approximate surface area is 157 Å². The second-order valence-electron chi connectivity index (χ2n) is 6.71. The van der Waals surface area contributed by atoms with E-state index in [0.717, 1.165) is 4.31 Å². The molecule has 1 aliphatic heterocycles. The summed E-state index contributed by atoms with van der Waals surface area (Å²) in [6, 6.07) is 4.27. The van der Waals surface area contributed by atoms with E-state index in [4.69, 9.17) is 0 Å². The number of carboxylic acids is 1. The van der Waals surface area contributed by atoms with Gasteiger partial charge in [-0.1, -0.05) is 19.9 Å². The molecule has 1 aliphatic rings. The number of sulfonamides is 1. The fraction of sp³-hybridized carbons (Fsp3) is 0.471. The van der Waals surface area contributed by atoms with Crippen LogP contribution >= 0.6 is 0 Å². The minimum Gasteiger partial charge on any atom is -0.480 e. The normalized spacial score (nSPS) is 16.6. The summed E-state index contributed by atoms with van der Waals surface area (Å²) in [5, 5.41) is 14.2. The molecule has 1 saturated heterocycles. The van der Waals surface area contributed by atoms with E-state index in [9.17, 15) is 27.9 Å². The van der Waals surface area contributed by atoms with Gasteiger partial charge in [0.1, 0.15) is 6.04 Å². The van der Waals surface area contributed by atoms with Crippen LogP contribution in [0, 0.1) is 5.92 Å². The molecule has 0 radical (unpaired) electrons. The number of hydrogen-bond donors (Lipinski definition) is 3. The highest BCUT2D eigenvalue weighted by atomic mass is 32.2. The van der Waals surface area contributed by atoms with Crippen LogP contribution in [0.4, 0.5) is 0 Å². The second kappa shape index (κ2) is 8.49. The van der Waals surface area contributed by atoms with Gasteiger partial charge in [0, 0.05) is 18.7 Å². The lowest BCUT2D eigenvalue weighted by Crippen LogP contribution is -2.49. The summed E-state index contributed by atoms with van der Waals surface area (Å²) in [5.41, 5.74) is 0.0348. The van der Waals surface area contributed by atoms with Gasteiger partial charge in [0.15, 0.2) is 0 Å². The monoisotopic (exact) mass is 397 g/mol. The number of rotatable bonds is 7. The predicted molar refractivity (Wildman–Crippen MR) is 96.6 cm³/mol. The quantitative estimate of drug-likeness (QED) is 0.595. The Hall–Kier alpha value is -2.46. The number of nitrogens with one attached hydrogen (secondary N) is 2. The Morgan fingerprint density at radius 1 is 1.33 bits per heavy atom. The number of piperazine rings is 1. The molecule has 9 nitrogen and oxygen atoms in total. The highest BCUT2D eigenvalue weighted by Crippen LogP contribution is 2.18. The van der Waals surface area contributed by atoms with Gasteiger partial charge in [-0.05, 0) is 30.5 Å². The zero-order valence-electron chi connectivity index (χ0n) is 15.1. The van der Waals surface area contributed by atoms with E-state index in [1.165, 1.54) is 24.3 Å². The summed E-state index contributed by atoms with van der Waals surface area (Å²) >= 11 is 0. The van der Waals surface area contributed by atoms with E-state index < -0.39 is 33.8 Å². The van der Waals surface area contributed by atoms with E-state index in [-0.39, 0.29) is 42.4 Å². The number of benzene rings is 1. The fourth-order valence-corrected chi connectivity index (χ4v) is 4.15. The third kappa shape index (κ3) is 5.27. The lowest BCUT2D eigenvalue weighted by Gasteiger charge is -2.26. The van der Waals surface area contributed by atoms with Gasteiger partial charge < -0.3 is 15.7 Å². The number of amides is 2. The first-order valence-corrected chi connectivity index (χ1v) is 9.96. The molecule has 1 fully saturated rings. The van der Waals surface area contributed by atoms with E-state index >= 15 is 0 Å². The minimum absolute atomic E-state index is 0.0348. The van der Waals surface area contributed by atoms with Crippen molar-refractivity contribution < 1.29 is 27.9 Å². The van der Waals surface area contributed by atoms with E-state index in [1.807, 2.05) is 13.8 Å². The standard InChI is InChI=1S/C17H23N3O6S/c1-11(2)8-14(17(23)24)19-16(22)12-4-3-5-13(9-12)27(25,26)20-7-6-18-15(21)10-20/h3-5,9,11,14H,6-8,10H2,1-2H3,(H,18,21)(H,19,22)(H,23,24)/t14-/m1/s1. The van der Waals surface area contributed by atoms with E-state index in [1.54, 1.807) is 0 Å². The summed E-state index contributed by atoms with van der Waals surface area (Å²) in [6.45, 7) is 3.75. The summed E-state index contributed by atoms with van der Waals surface area (Å²) in [5.74, 6) is -2.16. The molecule has 0 bridgehead atoms. The molecular weight excluding hydrogens is 374 g/mol. The Morgan fingerprint density at radius 3 is 2.63 bits per heavy atom. The zero-order chi connectivity index (χ0) is 20.2. The Bertz CT molecular complexity index is 837. The zero-order valence-corrected chi connectivity index (χ0v) is 16.0. The first-order valence-electron chi connectivity index (χ1n) is 8.52. The highest BCUT2D eigenvalue weighted by Gasteiger charge is 2.30. The van der Waals surface area contributed by atoms with Crippen molar-refractivity contribution >= 4 is 27.8 Å². The molecule has 27 heavy (non-hydrogen) atoms. The summed E-state index contributed by atoms with van der Waals surface area (Å²) in [4.78, 5) is 35.1. The van der Waals surface area contributed by atoms with Gasteiger partial charge in [0.2, 0.25) is 15.9 Å². The average Bonchev–Trinajstić information content (AvgIpc) is 2.60. The van der Waals surface area contributed by atoms with Crippen molar-refractivity contribution in [3.05, 3.63) is 29.8 Å². The largest absolute Gasteiger partial charge is 0.480 e. The molecule has 148 valence electrons. The Kier molecular flexibility index (Phi) is 6.55. The fourth-order valence-electron chi connectivity index (χ4n) is 2.70. The molecule has 1 atom stereocenters. The van der Waals surface area contributed by atoms with Crippen LogP contribution in [0.15, 0.2) is 29.2 Å². The lowest BCUT2D eigenvalue weighted by molar-refractivity contribution is -0.139. The van der Waals surface area contributed by atoms with Crippen molar-refractivity contribution in [3.63, 3.8) is 0 Å². The first-order chi connectivity index (χ1) is 12.6. The molecule has 0 spiro atoms. The molecule has 1 aromatic carbocycles. The summed E-state index contributed by atoms with van der Waals surface area (Å²) in [6.07, 6.45) is 0.252. The lowest BCUT2D eigenvalue weighted by atomic mass is 10.0. The maximum atomic E-state index is 12.7. The SMILES string of the molecule is CC(C)C[C@@H](NC(=O)c1cccc(S(=O)(=O)N2CCNC(=O)C2)c1)C(=O)O. The average molecular weight is 397 g/mol. The van der Waals surface area contributed by atoms with Gasteiger partial charge in [-0.2, -0.15) is 4.31 Å². The van der Waals surface area contributed by atoms with Crippen LogP contribution in [0.3, 0.4) is 0 Å². The van der Waals surface area contributed by atoms with Crippen LogP contribution in [0.5, 0.6) is 0 Å². The maximum absolute atomic E-state index is 12.7. The van der Waals surface area contributed by atoms with Gasteiger partial charge in [-0.15, -0.1) is 0 Å². The Morgan fingerprint density at radius 2 is 2.04 bits per heavy atom. The molecule has 3 N–H and O–H groups in total. The van der Waals surface area contributed by atoms with Gasteiger partial charge in [-0.25, -0.2) is 13.2 Å². The van der Waals surface area contributed by atoms with Crippen molar-refractivity contribution in [2.75, 3.05) is 19.6 Å². The molecule has 0 unspecified atom stereocenters. The van der Waals surface area contributed by atoms with E-state index in [2.05, 4.69) is 10.6 Å². The van der Waals surface area contributed by atoms with Crippen LogP contribution in [-0.4, -0.2) is 61.3 Å². The molecule has 10 heteroatoms. The second-order valence-corrected chi connectivity index (χ2v) is 8.65. The third-order valence-corrected chi connectivity index (χ3v) is 5.89. The van der Waals surface area contributed by atoms with E-state index in [0.29, 0.717) is 0 Å². The van der Waals surface area contributed by atoms with Gasteiger partial charge in [-0.3, -0.25) is 9.59 Å². The molecule has 0 aliphatic carbocycles. The summed E-state index contributed by atoms with van der Waals surface area (Å²) < 4.78 is 26.5. The van der Waals surface area contributed by atoms with Crippen LogP contribution in [-0.2, 0) is 19.6 Å². The van der Waals surface area contributed by atoms with Crippen molar-refractivity contribution in [2.45, 2.75) is 31.2 Å². The van der Waals surface area contributed by atoms with Crippen molar-refractivity contribution in [1.82, 2.24) is 14.9 Å². The maximum Gasteiger partial charge on any atom is 0.326 e. The van der Waals surface area contributed by atoms with Gasteiger partial charge in [0.05, 0.1) is 11.4 Å². The number of nitrogens with zero attached hydrogens (tertiary/aromatic N) is 1. The van der Waals surface area contributed by atoms with Gasteiger partial charge in [0.25, 0.3) is 5.91 Å². The number of aliphatic carboxylic acids is 1. The van der Waals surface area contributed by atoms with Crippen LogP contribution in [0.2, 0.25) is 0 Å². The Balaban J connectivity index is 2.22. The molecule has 1 heterocycles. The van der Waals surface area contributed by atoms with Crippen LogP contribution in [0.25, 0.3) is 0 Å². The number of carbonyl (C=O) groups excluding carboxylic acids is 2. The molecule has 2 amide bonds. The summed E-state index contributed by atoms with van der Waals surface area (Å²) in [7, 11) is -3.94. The third-order valence-electron chi connectivity index (χ3n) is 4.05. The first kappa shape index (κ1) is 20.8. The molecule has 1 aromatic rings. The topological polar surface area (TPSA) is 133 Å². The van der Waals surface area contributed by atoms with Crippen molar-refractivity contribution in [1.29, 1.82) is 0 Å². The molecule has 2 rings (SSSR count). The van der Waals surface area contributed by atoms with Crippen molar-refractivity contribution in [2.24, 2.45) is 5.92 Å². The number of hydrogen-bond acceptors (Lipinski definition) is 5. The van der Waals surface area contributed by atoms with Gasteiger partial charge >= 0.3 is 5.97 Å². The highest BCUT2D eigenvalue weighted by molar-refractivity contribution is 7.89. The molecule has 0 saturated carbocycles. The van der Waals surface area contributed by atoms with Crippen molar-refractivity contribution in [3.8, 4) is 0 Å². The van der Waals surface area contributed by atoms with Crippen LogP contribution in [0.1, 0.15) is 30.6 Å². The number of carboxylic acid groups (broad SMARTS) is 1. The smallest absolute Gasteiger partial charge is 0.326 e.